The van der Waals surface area contributed by atoms with Gasteiger partial charge in [-0.15, -0.1) is 0 Å². The van der Waals surface area contributed by atoms with Crippen LogP contribution in [0.4, 0.5) is 14.5 Å². The molecule has 27 heavy (non-hydrogen) atoms. The van der Waals surface area contributed by atoms with Crippen LogP contribution in [0.15, 0.2) is 50.5 Å². The Labute approximate surface area is 171 Å². The van der Waals surface area contributed by atoms with Crippen molar-refractivity contribution in [1.82, 2.24) is 0 Å². The number of nitrogens with zero attached hydrogens (tertiary/aromatic N) is 1. The fraction of sp³-hybridized carbons (Fsp3) is 0.176. The molecule has 10 heteroatoms. The first-order valence-electron chi connectivity index (χ1n) is 7.26. The maximum absolute atomic E-state index is 12.8. The second kappa shape index (κ2) is 13.3. The van der Waals surface area contributed by atoms with E-state index in [2.05, 4.69) is 37.0 Å². The molecule has 148 valence electrons. The number of oxime groups is 1. The van der Waals surface area contributed by atoms with Gasteiger partial charge in [0.2, 0.25) is 0 Å². The van der Waals surface area contributed by atoms with Gasteiger partial charge in [-0.1, -0.05) is 37.0 Å². The molecule has 0 fully saturated rings. The molecule has 0 bridgehead atoms. The number of aliphatic hydroxyl groups excluding tert-OH is 1. The molecule has 0 spiro atoms. The Morgan fingerprint density at radius 1 is 1.11 bits per heavy atom. The van der Waals surface area contributed by atoms with Gasteiger partial charge >= 0.3 is 0 Å². The van der Waals surface area contributed by atoms with Crippen molar-refractivity contribution in [2.24, 2.45) is 5.16 Å². The van der Waals surface area contributed by atoms with Crippen molar-refractivity contribution in [1.29, 1.82) is 0 Å². The predicted molar refractivity (Wildman–Crippen MR) is 106 cm³/mol. The molecular formula is C17H18Br2F2N2O4. The number of nitrogen functional groups attached to an aromatic ring is 1. The average Bonchev–Trinajstić information content (AvgIpc) is 2.44. The van der Waals surface area contributed by atoms with E-state index in [4.69, 9.17) is 21.2 Å². The van der Waals surface area contributed by atoms with Gasteiger partial charge in [0.25, 0.3) is 0 Å². The first-order valence-corrected chi connectivity index (χ1v) is 8.85. The molecule has 5 N–H and O–H groups in total. The summed E-state index contributed by atoms with van der Waals surface area (Å²) in [6.45, 7) is 1.28. The Kier molecular flexibility index (Phi) is 12.4. The van der Waals surface area contributed by atoms with Crippen LogP contribution in [0.1, 0.15) is 12.5 Å². The third-order valence-electron chi connectivity index (χ3n) is 2.39. The quantitative estimate of drug-likeness (QED) is 0.165. The summed E-state index contributed by atoms with van der Waals surface area (Å²) in [5, 5.41) is 25.9. The molecule has 0 atom stereocenters. The number of Topliss-reactive ketones (excluding diaryl/α,β-unsaturated/α-hetero) is 1. The zero-order valence-corrected chi connectivity index (χ0v) is 17.3. The van der Waals surface area contributed by atoms with E-state index in [1.807, 2.05) is 0 Å². The van der Waals surface area contributed by atoms with E-state index < -0.39 is 12.1 Å². The second-order valence-electron chi connectivity index (χ2n) is 5.00. The Bertz CT molecular complexity index is 701. The van der Waals surface area contributed by atoms with Gasteiger partial charge in [0.1, 0.15) is 24.1 Å². The number of carbonyl (C=O) groups is 1. The van der Waals surface area contributed by atoms with Crippen molar-refractivity contribution in [2.45, 2.75) is 19.6 Å². The summed E-state index contributed by atoms with van der Waals surface area (Å²) < 4.78 is 26.4. The summed E-state index contributed by atoms with van der Waals surface area (Å²) >= 11 is 6.20. The molecule has 0 aromatic heterocycles. The number of nitrogens with two attached hydrogens (primary N) is 1. The van der Waals surface area contributed by atoms with Gasteiger partial charge in [-0.3, -0.25) is 4.79 Å². The van der Waals surface area contributed by atoms with Crippen LogP contribution < -0.4 is 5.73 Å². The molecule has 0 heterocycles. The summed E-state index contributed by atoms with van der Waals surface area (Å²) in [6, 6.07) is 8.46. The number of carbonyl (C=O) groups excluding carboxylic acids is 1. The van der Waals surface area contributed by atoms with E-state index in [1.54, 1.807) is 12.1 Å². The number of rotatable bonds is 3. The molecule has 0 unspecified atom stereocenters. The predicted octanol–water partition coefficient (Wildman–Crippen LogP) is 3.65. The molecule has 2 rings (SSSR count). The lowest BCUT2D eigenvalue weighted by molar-refractivity contribution is -0.112. The van der Waals surface area contributed by atoms with E-state index in [9.17, 15) is 13.6 Å². The van der Waals surface area contributed by atoms with E-state index in [0.29, 0.717) is 20.2 Å². The van der Waals surface area contributed by atoms with Gasteiger partial charge in [0, 0.05) is 21.1 Å². The van der Waals surface area contributed by atoms with Gasteiger partial charge in [0.05, 0.1) is 0 Å². The molecule has 6 nitrogen and oxygen atoms in total. The van der Waals surface area contributed by atoms with Crippen molar-refractivity contribution in [2.75, 3.05) is 5.73 Å². The summed E-state index contributed by atoms with van der Waals surface area (Å²) in [7, 11) is 0. The molecule has 0 aliphatic carbocycles. The summed E-state index contributed by atoms with van der Waals surface area (Å²) in [5.74, 6) is -1.12. The first-order chi connectivity index (χ1) is 12.5. The van der Waals surface area contributed by atoms with Crippen LogP contribution in [-0.2, 0) is 11.2 Å². The third kappa shape index (κ3) is 13.9. The third-order valence-corrected chi connectivity index (χ3v) is 3.30. The van der Waals surface area contributed by atoms with Gasteiger partial charge in [0.15, 0.2) is 5.78 Å². The maximum atomic E-state index is 12.8. The fourth-order valence-electron chi connectivity index (χ4n) is 1.60. The number of hydrogen-bond donors (Lipinski definition) is 4. The minimum Gasteiger partial charge on any atom is -0.411 e. The molecular weight excluding hydrogens is 494 g/mol. The number of aliphatic hydroxyl groups is 2. The number of halogens is 4. The Balaban J connectivity index is 0.000000444. The maximum Gasteiger partial charge on any atom is 0.181 e. The van der Waals surface area contributed by atoms with E-state index in [-0.39, 0.29) is 18.0 Å². The highest BCUT2D eigenvalue weighted by atomic mass is 79.9. The normalized spacial score (nSPS) is 10.1. The lowest BCUT2D eigenvalue weighted by atomic mass is 10.1. The van der Waals surface area contributed by atoms with Crippen molar-refractivity contribution < 1.29 is 29.0 Å². The van der Waals surface area contributed by atoms with Gasteiger partial charge < -0.3 is 21.2 Å². The zero-order valence-electron chi connectivity index (χ0n) is 14.1. The van der Waals surface area contributed by atoms with E-state index >= 15 is 0 Å². The van der Waals surface area contributed by atoms with Crippen LogP contribution in [0.25, 0.3) is 0 Å². The van der Waals surface area contributed by atoms with Crippen molar-refractivity contribution in [3.8, 4) is 0 Å². The number of ketones is 1. The van der Waals surface area contributed by atoms with Gasteiger partial charge in [-0.05, 0) is 48.9 Å². The highest BCUT2D eigenvalue weighted by Gasteiger charge is 2.03. The van der Waals surface area contributed by atoms with Crippen molar-refractivity contribution in [3.63, 3.8) is 0 Å². The summed E-state index contributed by atoms with van der Waals surface area (Å²) in [4.78, 5) is 11.0. The Morgan fingerprint density at radius 3 is 2.00 bits per heavy atom. The minimum atomic E-state index is -1.17. The molecule has 2 aromatic carbocycles. The van der Waals surface area contributed by atoms with E-state index in [1.165, 1.54) is 31.2 Å². The van der Waals surface area contributed by atoms with Crippen LogP contribution in [0.5, 0.6) is 0 Å². The molecule has 0 aliphatic rings. The summed E-state index contributed by atoms with van der Waals surface area (Å²) in [6.07, 6.45) is -0.362. The average molecular weight is 512 g/mol. The fourth-order valence-corrected chi connectivity index (χ4v) is 2.60. The largest absolute Gasteiger partial charge is 0.411 e. The Morgan fingerprint density at radius 2 is 1.59 bits per heavy atom. The van der Waals surface area contributed by atoms with Gasteiger partial charge in [-0.2, -0.15) is 0 Å². The van der Waals surface area contributed by atoms with Crippen molar-refractivity contribution >= 4 is 49.5 Å². The molecule has 0 saturated heterocycles. The highest BCUT2D eigenvalue weighted by molar-refractivity contribution is 9.10. The second-order valence-corrected chi connectivity index (χ2v) is 6.83. The molecule has 2 aromatic rings. The van der Waals surface area contributed by atoms with Gasteiger partial charge in [-0.25, -0.2) is 8.78 Å². The standard InChI is InChI=1S/C9H7BrFNO2.C6H5BrFN.C2H6O2/c10-7-1-6(2-8(11)4-7)3-9(13)5-12-14;7-4-1-5(8)3-6(9)2-4;1-2(3)4/h1-2,4-5,14H,3H2;1-3H,9H2;2-4H,1H3/b12-5+;;. The van der Waals surface area contributed by atoms with Crippen LogP contribution >= 0.6 is 31.9 Å². The number of anilines is 1. The molecule has 0 radical (unpaired) electrons. The molecule has 0 saturated carbocycles. The van der Waals surface area contributed by atoms with Crippen LogP contribution in [-0.4, -0.2) is 33.7 Å². The Hall–Kier alpha value is -1.88. The lowest BCUT2D eigenvalue weighted by Gasteiger charge is -1.98. The molecule has 0 aliphatic heterocycles. The minimum absolute atomic E-state index is 0.0143. The summed E-state index contributed by atoms with van der Waals surface area (Å²) in [5.41, 5.74) is 6.25. The monoisotopic (exact) mass is 510 g/mol. The number of hydrogen-bond acceptors (Lipinski definition) is 6. The van der Waals surface area contributed by atoms with Crippen molar-refractivity contribution in [3.05, 3.63) is 62.5 Å². The lowest BCUT2D eigenvalue weighted by Crippen LogP contribution is -2.04. The smallest absolute Gasteiger partial charge is 0.181 e. The number of benzene rings is 2. The van der Waals surface area contributed by atoms with Crippen LogP contribution in [0.3, 0.4) is 0 Å². The van der Waals surface area contributed by atoms with E-state index in [0.717, 1.165) is 6.21 Å². The van der Waals surface area contributed by atoms with Crippen LogP contribution in [0, 0.1) is 11.6 Å². The highest BCUT2D eigenvalue weighted by Crippen LogP contribution is 2.16. The first kappa shape index (κ1) is 25.1. The SMILES string of the molecule is CC(O)O.Nc1cc(F)cc(Br)c1.O=C(/C=N/O)Cc1cc(F)cc(Br)c1. The topological polar surface area (TPSA) is 116 Å². The molecule has 0 amide bonds. The van der Waals surface area contributed by atoms with Crippen LogP contribution in [0.2, 0.25) is 0 Å². The zero-order chi connectivity index (χ0) is 21.0.